The van der Waals surface area contributed by atoms with Gasteiger partial charge in [-0.05, 0) is 115 Å². The monoisotopic (exact) mass is 689 g/mol. The minimum Gasteiger partial charge on any atom is -0.467 e. The Labute approximate surface area is 298 Å². The van der Waals surface area contributed by atoms with Crippen molar-refractivity contribution in [3.63, 3.8) is 0 Å². The number of fused-ring (bicyclic) bond motifs is 7. The fourth-order valence-corrected chi connectivity index (χ4v) is 12.3. The van der Waals surface area contributed by atoms with Crippen molar-refractivity contribution in [1.82, 2.24) is 5.32 Å². The first-order chi connectivity index (χ1) is 23.4. The second-order valence-corrected chi connectivity index (χ2v) is 18.5. The molecule has 8 nitrogen and oxygen atoms in total. The number of aliphatic hydroxyl groups excluding tert-OH is 1. The first-order valence-corrected chi connectivity index (χ1v) is 18.9. The standard InChI is InChI=1S/C42H59NO7/c1-37(2)27(34(46)43-30(24-44)35(47)49-8)14-16-40(5)32(37)15-17-42(7)33(40)31(45)22-28-29-23-39(4,19-18-38(29,3)20-21-41(28,42)6)36(48)50-25-26-12-10-9-11-13-26/h9-13,22,27,29-30,32-33,44H,14-21,23-25H2,1-8H3,(H,43,46)/t27-,29+,30+,32+,33-,38-,39+,40+,41-,42-/m1/s1. The third kappa shape index (κ3) is 5.49. The summed E-state index contributed by atoms with van der Waals surface area (Å²) in [6.07, 6.45) is 9.65. The van der Waals surface area contributed by atoms with Gasteiger partial charge < -0.3 is 19.9 Å². The molecule has 2 N–H and O–H groups in total. The van der Waals surface area contributed by atoms with Crippen LogP contribution in [0.15, 0.2) is 42.0 Å². The number of benzene rings is 1. The third-order valence-corrected chi connectivity index (χ3v) is 15.6. The second-order valence-electron chi connectivity index (χ2n) is 18.5. The molecule has 0 spiro atoms. The lowest BCUT2D eigenvalue weighted by Gasteiger charge is -2.70. The van der Waals surface area contributed by atoms with Crippen LogP contribution in [-0.2, 0) is 35.3 Å². The zero-order valence-electron chi connectivity index (χ0n) is 31.5. The van der Waals surface area contributed by atoms with E-state index in [4.69, 9.17) is 9.47 Å². The van der Waals surface area contributed by atoms with Crippen LogP contribution < -0.4 is 5.32 Å². The fraction of sp³-hybridized carbons (Fsp3) is 0.714. The molecule has 50 heavy (non-hydrogen) atoms. The van der Waals surface area contributed by atoms with Gasteiger partial charge in [-0.2, -0.15) is 0 Å². The van der Waals surface area contributed by atoms with E-state index in [1.165, 1.54) is 12.7 Å². The van der Waals surface area contributed by atoms with Crippen LogP contribution in [-0.4, -0.2) is 48.5 Å². The van der Waals surface area contributed by atoms with Crippen LogP contribution in [0, 0.1) is 56.2 Å². The molecule has 0 bridgehead atoms. The molecule has 274 valence electrons. The maximum atomic E-state index is 14.8. The van der Waals surface area contributed by atoms with Crippen LogP contribution in [0.4, 0.5) is 0 Å². The molecule has 0 radical (unpaired) electrons. The molecule has 5 aliphatic rings. The number of amides is 1. The number of hydrogen-bond donors (Lipinski definition) is 2. The molecule has 0 aromatic heterocycles. The molecule has 1 aromatic rings. The average Bonchev–Trinajstić information content (AvgIpc) is 3.07. The van der Waals surface area contributed by atoms with Gasteiger partial charge in [0.1, 0.15) is 6.61 Å². The van der Waals surface area contributed by atoms with E-state index in [1.807, 2.05) is 36.4 Å². The summed E-state index contributed by atoms with van der Waals surface area (Å²) in [4.78, 5) is 54.4. The molecule has 0 saturated heterocycles. The Kier molecular flexibility index (Phi) is 9.26. The van der Waals surface area contributed by atoms with Crippen LogP contribution in [0.2, 0.25) is 0 Å². The summed E-state index contributed by atoms with van der Waals surface area (Å²) >= 11 is 0. The van der Waals surface area contributed by atoms with Crippen molar-refractivity contribution in [3.05, 3.63) is 47.5 Å². The second kappa shape index (κ2) is 12.6. The number of allylic oxidation sites excluding steroid dienone is 2. The lowest BCUT2D eigenvalue weighted by molar-refractivity contribution is -0.195. The number of aliphatic hydroxyl groups is 1. The molecule has 0 aliphatic heterocycles. The minimum atomic E-state index is -1.10. The van der Waals surface area contributed by atoms with Crippen molar-refractivity contribution in [2.45, 2.75) is 119 Å². The molecule has 6 rings (SSSR count). The summed E-state index contributed by atoms with van der Waals surface area (Å²) in [6.45, 7) is 15.6. The number of carbonyl (C=O) groups excluding carboxylic acids is 4. The van der Waals surface area contributed by atoms with Crippen molar-refractivity contribution < 1.29 is 33.8 Å². The smallest absolute Gasteiger partial charge is 0.330 e. The topological polar surface area (TPSA) is 119 Å². The van der Waals surface area contributed by atoms with Gasteiger partial charge >= 0.3 is 11.9 Å². The SMILES string of the molecule is COC(=O)[C@H](CO)NC(=O)[C@H]1CC[C@]2(C)[C@H]3C(=O)C=C4[C@@H]5C[C@@](C)(C(=O)OCc6ccccc6)CC[C@]5(C)CC[C@@]4(C)[C@]3(C)CC[C@H]2C1(C)C. The van der Waals surface area contributed by atoms with Crippen LogP contribution in [0.3, 0.4) is 0 Å². The Bertz CT molecular complexity index is 1570. The molecule has 4 fully saturated rings. The number of methoxy groups -OCH3 is 1. The van der Waals surface area contributed by atoms with Crippen LogP contribution in [0.1, 0.15) is 112 Å². The highest BCUT2D eigenvalue weighted by atomic mass is 16.5. The lowest BCUT2D eigenvalue weighted by Crippen LogP contribution is -2.67. The highest BCUT2D eigenvalue weighted by Gasteiger charge is 2.70. The lowest BCUT2D eigenvalue weighted by atomic mass is 9.33. The number of nitrogens with one attached hydrogen (secondary N) is 1. The van der Waals surface area contributed by atoms with E-state index in [2.05, 4.69) is 53.8 Å². The zero-order valence-corrected chi connectivity index (χ0v) is 31.5. The van der Waals surface area contributed by atoms with Gasteiger partial charge in [0.2, 0.25) is 5.91 Å². The van der Waals surface area contributed by atoms with Gasteiger partial charge in [-0.25, -0.2) is 4.79 Å². The molecular formula is C42H59NO7. The summed E-state index contributed by atoms with van der Waals surface area (Å²) in [5.41, 5.74) is 0.446. The van der Waals surface area contributed by atoms with Gasteiger partial charge in [0, 0.05) is 11.8 Å². The van der Waals surface area contributed by atoms with Crippen LogP contribution >= 0.6 is 0 Å². The molecule has 0 unspecified atom stereocenters. The fourth-order valence-electron chi connectivity index (χ4n) is 12.3. The maximum Gasteiger partial charge on any atom is 0.330 e. The van der Waals surface area contributed by atoms with E-state index in [0.29, 0.717) is 12.8 Å². The van der Waals surface area contributed by atoms with Crippen molar-refractivity contribution >= 4 is 23.6 Å². The van der Waals surface area contributed by atoms with Gasteiger partial charge in [-0.3, -0.25) is 14.4 Å². The number of esters is 2. The number of ketones is 1. The number of ether oxygens (including phenoxy) is 2. The van der Waals surface area contributed by atoms with E-state index in [9.17, 15) is 24.3 Å². The van der Waals surface area contributed by atoms with E-state index >= 15 is 0 Å². The minimum absolute atomic E-state index is 0.0270. The highest BCUT2D eigenvalue weighted by molar-refractivity contribution is 5.96. The molecule has 8 heteroatoms. The predicted molar refractivity (Wildman–Crippen MR) is 190 cm³/mol. The summed E-state index contributed by atoms with van der Waals surface area (Å²) in [5, 5.41) is 12.5. The average molecular weight is 690 g/mol. The van der Waals surface area contributed by atoms with Crippen LogP contribution in [0.5, 0.6) is 0 Å². The first kappa shape index (κ1) is 36.8. The summed E-state index contributed by atoms with van der Waals surface area (Å²) in [6, 6.07) is 8.73. The van der Waals surface area contributed by atoms with Gasteiger partial charge in [0.05, 0.1) is 19.1 Å². The molecule has 1 amide bonds. The summed E-state index contributed by atoms with van der Waals surface area (Å²) in [7, 11) is 1.24. The van der Waals surface area contributed by atoms with Crippen molar-refractivity contribution in [3.8, 4) is 0 Å². The van der Waals surface area contributed by atoms with Crippen molar-refractivity contribution in [2.75, 3.05) is 13.7 Å². The first-order valence-electron chi connectivity index (χ1n) is 18.9. The normalized spacial score (nSPS) is 40.8. The van der Waals surface area contributed by atoms with Gasteiger partial charge in [0.25, 0.3) is 0 Å². The number of rotatable bonds is 7. The Morgan fingerprint density at radius 3 is 2.26 bits per heavy atom. The highest BCUT2D eigenvalue weighted by Crippen LogP contribution is 2.75. The Balaban J connectivity index is 1.28. The summed E-state index contributed by atoms with van der Waals surface area (Å²) < 4.78 is 10.7. The molecule has 10 atom stereocenters. The van der Waals surface area contributed by atoms with Crippen molar-refractivity contribution in [2.24, 2.45) is 56.2 Å². The van der Waals surface area contributed by atoms with Gasteiger partial charge in [0.15, 0.2) is 11.8 Å². The Morgan fingerprint density at radius 1 is 0.920 bits per heavy atom. The van der Waals surface area contributed by atoms with Gasteiger partial charge in [-0.15, -0.1) is 0 Å². The van der Waals surface area contributed by atoms with E-state index in [1.54, 1.807) is 0 Å². The van der Waals surface area contributed by atoms with E-state index in [0.717, 1.165) is 50.5 Å². The third-order valence-electron chi connectivity index (χ3n) is 15.6. The molecule has 1 aromatic carbocycles. The molecule has 5 aliphatic carbocycles. The van der Waals surface area contributed by atoms with Crippen LogP contribution in [0.25, 0.3) is 0 Å². The number of hydrogen-bond acceptors (Lipinski definition) is 7. The number of carbonyl (C=O) groups is 4. The molecular weight excluding hydrogens is 630 g/mol. The zero-order chi connectivity index (χ0) is 36.5. The largest absolute Gasteiger partial charge is 0.467 e. The Hall–Kier alpha value is -3.00. The van der Waals surface area contributed by atoms with E-state index < -0.39 is 29.4 Å². The molecule has 0 heterocycles. The quantitative estimate of drug-likeness (QED) is 0.297. The molecule has 4 saturated carbocycles. The Morgan fingerprint density at radius 2 is 1.60 bits per heavy atom. The van der Waals surface area contributed by atoms with E-state index in [-0.39, 0.29) is 69.6 Å². The maximum absolute atomic E-state index is 14.8. The predicted octanol–water partition coefficient (Wildman–Crippen LogP) is 6.98. The van der Waals surface area contributed by atoms with Crippen molar-refractivity contribution in [1.29, 1.82) is 0 Å². The van der Waals surface area contributed by atoms with Gasteiger partial charge in [-0.1, -0.05) is 77.4 Å². The summed E-state index contributed by atoms with van der Waals surface area (Å²) in [5.74, 6) is -1.13.